The molecule has 1 aliphatic carbocycles. The second-order valence-corrected chi connectivity index (χ2v) is 7.27. The molecule has 1 saturated carbocycles. The number of hydrogen-bond acceptors (Lipinski definition) is 3. The monoisotopic (exact) mass is 364 g/mol. The summed E-state index contributed by atoms with van der Waals surface area (Å²) in [4.78, 5) is 25.0. The van der Waals surface area contributed by atoms with Gasteiger partial charge in [0.1, 0.15) is 6.10 Å². The number of rotatable bonds is 6. The molecule has 2 aromatic carbocycles. The van der Waals surface area contributed by atoms with Crippen LogP contribution < -0.4 is 10.6 Å². The third-order valence-electron chi connectivity index (χ3n) is 5.15. The number of carbonyl (C=O) groups is 2. The van der Waals surface area contributed by atoms with E-state index in [9.17, 15) is 9.59 Å². The first-order chi connectivity index (χ1) is 13.2. The normalized spacial score (nSPS) is 20.1. The molecule has 140 valence electrons. The first-order valence-electron chi connectivity index (χ1n) is 9.59. The average Bonchev–Trinajstić information content (AvgIpc) is 3.39. The molecule has 5 heteroatoms. The largest absolute Gasteiger partial charge is 0.368 e. The maximum atomic E-state index is 12.8. The van der Waals surface area contributed by atoms with Gasteiger partial charge in [0, 0.05) is 17.9 Å². The molecule has 0 spiro atoms. The highest BCUT2D eigenvalue weighted by Gasteiger charge is 2.33. The summed E-state index contributed by atoms with van der Waals surface area (Å²) in [5.74, 6) is 0.230. The van der Waals surface area contributed by atoms with Crippen LogP contribution in [0.3, 0.4) is 0 Å². The van der Waals surface area contributed by atoms with Crippen molar-refractivity contribution in [3.8, 4) is 0 Å². The molecule has 2 N–H and O–H groups in total. The standard InChI is InChI=1S/C22H24N2O3/c25-21(24-20(16-11-12-16)15-6-2-1-3-7-15)17-8-4-9-18(14-17)23-22(26)19-10-5-13-27-19/h1-4,6-9,14,16,19-20H,5,10-13H2,(H,23,26)(H,24,25). The fourth-order valence-electron chi connectivity index (χ4n) is 3.53. The van der Waals surface area contributed by atoms with E-state index >= 15 is 0 Å². The van der Waals surface area contributed by atoms with Gasteiger partial charge in [-0.25, -0.2) is 0 Å². The van der Waals surface area contributed by atoms with Crippen molar-refractivity contribution < 1.29 is 14.3 Å². The lowest BCUT2D eigenvalue weighted by molar-refractivity contribution is -0.124. The molecule has 2 aliphatic rings. The van der Waals surface area contributed by atoms with Gasteiger partial charge in [0.15, 0.2) is 0 Å². The molecule has 2 atom stereocenters. The molecule has 0 radical (unpaired) electrons. The van der Waals surface area contributed by atoms with Gasteiger partial charge in [0.05, 0.1) is 6.04 Å². The summed E-state index contributed by atoms with van der Waals surface area (Å²) in [5, 5.41) is 6.03. The highest BCUT2D eigenvalue weighted by molar-refractivity contribution is 5.98. The third-order valence-corrected chi connectivity index (χ3v) is 5.15. The van der Waals surface area contributed by atoms with Crippen LogP contribution in [0.1, 0.15) is 47.6 Å². The van der Waals surface area contributed by atoms with Crippen molar-refractivity contribution in [1.82, 2.24) is 5.32 Å². The van der Waals surface area contributed by atoms with Crippen LogP contribution in [0.15, 0.2) is 54.6 Å². The molecular formula is C22H24N2O3. The maximum absolute atomic E-state index is 12.8. The van der Waals surface area contributed by atoms with Crippen molar-refractivity contribution in [2.24, 2.45) is 5.92 Å². The van der Waals surface area contributed by atoms with Crippen LogP contribution in [0, 0.1) is 5.92 Å². The van der Waals surface area contributed by atoms with Crippen molar-refractivity contribution in [3.63, 3.8) is 0 Å². The topological polar surface area (TPSA) is 67.4 Å². The summed E-state index contributed by atoms with van der Waals surface area (Å²) in [7, 11) is 0. The van der Waals surface area contributed by atoms with Gasteiger partial charge in [-0.2, -0.15) is 0 Å². The Morgan fingerprint density at radius 1 is 1.00 bits per heavy atom. The van der Waals surface area contributed by atoms with E-state index in [2.05, 4.69) is 22.8 Å². The van der Waals surface area contributed by atoms with Gasteiger partial charge in [-0.1, -0.05) is 36.4 Å². The van der Waals surface area contributed by atoms with Gasteiger partial charge in [0.25, 0.3) is 11.8 Å². The zero-order valence-electron chi connectivity index (χ0n) is 15.2. The van der Waals surface area contributed by atoms with Crippen molar-refractivity contribution in [2.45, 2.75) is 37.8 Å². The van der Waals surface area contributed by atoms with E-state index in [0.29, 0.717) is 23.8 Å². The second kappa shape index (κ2) is 7.92. The van der Waals surface area contributed by atoms with E-state index < -0.39 is 0 Å². The Morgan fingerprint density at radius 2 is 1.81 bits per heavy atom. The van der Waals surface area contributed by atoms with Crippen LogP contribution in [0.5, 0.6) is 0 Å². The van der Waals surface area contributed by atoms with E-state index in [4.69, 9.17) is 4.74 Å². The van der Waals surface area contributed by atoms with Crippen LogP contribution in [0.4, 0.5) is 5.69 Å². The summed E-state index contributed by atoms with van der Waals surface area (Å²) in [5.41, 5.74) is 2.30. The Bertz CT molecular complexity index is 811. The lowest BCUT2D eigenvalue weighted by Gasteiger charge is -2.19. The first kappa shape index (κ1) is 17.7. The molecule has 27 heavy (non-hydrogen) atoms. The van der Waals surface area contributed by atoms with Crippen molar-refractivity contribution in [2.75, 3.05) is 11.9 Å². The number of amides is 2. The summed E-state index contributed by atoms with van der Waals surface area (Å²) in [6.45, 7) is 0.628. The molecule has 0 bridgehead atoms. The number of anilines is 1. The van der Waals surface area contributed by atoms with Crippen molar-refractivity contribution in [1.29, 1.82) is 0 Å². The molecule has 1 heterocycles. The van der Waals surface area contributed by atoms with Gasteiger partial charge in [0.2, 0.25) is 0 Å². The van der Waals surface area contributed by atoms with Gasteiger partial charge < -0.3 is 15.4 Å². The molecule has 2 amide bonds. The van der Waals surface area contributed by atoms with E-state index in [-0.39, 0.29) is 24.0 Å². The Morgan fingerprint density at radius 3 is 2.52 bits per heavy atom. The number of carbonyl (C=O) groups excluding carboxylic acids is 2. The Hall–Kier alpha value is -2.66. The Balaban J connectivity index is 1.44. The van der Waals surface area contributed by atoms with E-state index in [0.717, 1.165) is 31.2 Å². The van der Waals surface area contributed by atoms with E-state index in [1.165, 1.54) is 0 Å². The van der Waals surface area contributed by atoms with Crippen LogP contribution in [-0.2, 0) is 9.53 Å². The smallest absolute Gasteiger partial charge is 0.253 e. The molecule has 1 aliphatic heterocycles. The molecule has 2 fully saturated rings. The minimum Gasteiger partial charge on any atom is -0.368 e. The first-order valence-corrected chi connectivity index (χ1v) is 9.59. The van der Waals surface area contributed by atoms with Crippen LogP contribution in [0.25, 0.3) is 0 Å². The number of ether oxygens (including phenoxy) is 1. The molecule has 4 rings (SSSR count). The van der Waals surface area contributed by atoms with Gasteiger partial charge >= 0.3 is 0 Å². The Labute approximate surface area is 159 Å². The summed E-state index contributed by atoms with van der Waals surface area (Å²) in [6.07, 6.45) is 3.53. The average molecular weight is 364 g/mol. The molecule has 1 saturated heterocycles. The summed E-state index contributed by atoms with van der Waals surface area (Å²) in [6, 6.07) is 17.2. The van der Waals surface area contributed by atoms with Crippen molar-refractivity contribution in [3.05, 3.63) is 65.7 Å². The summed E-state index contributed by atoms with van der Waals surface area (Å²) >= 11 is 0. The second-order valence-electron chi connectivity index (χ2n) is 7.27. The Kier molecular flexibility index (Phi) is 5.21. The molecule has 5 nitrogen and oxygen atoms in total. The van der Waals surface area contributed by atoms with Gasteiger partial charge in [-0.15, -0.1) is 0 Å². The van der Waals surface area contributed by atoms with Crippen LogP contribution in [0.2, 0.25) is 0 Å². The predicted molar refractivity (Wildman–Crippen MR) is 103 cm³/mol. The molecule has 2 unspecified atom stereocenters. The van der Waals surface area contributed by atoms with E-state index in [1.807, 2.05) is 18.2 Å². The maximum Gasteiger partial charge on any atom is 0.253 e. The van der Waals surface area contributed by atoms with Crippen molar-refractivity contribution >= 4 is 17.5 Å². The molecule has 2 aromatic rings. The lowest BCUT2D eigenvalue weighted by atomic mass is 10.0. The quantitative estimate of drug-likeness (QED) is 0.821. The predicted octanol–water partition coefficient (Wildman–Crippen LogP) is 3.69. The fraction of sp³-hybridized carbons (Fsp3) is 0.364. The molecule has 0 aromatic heterocycles. The number of benzene rings is 2. The zero-order chi connectivity index (χ0) is 18.6. The van der Waals surface area contributed by atoms with E-state index in [1.54, 1.807) is 24.3 Å². The number of hydrogen-bond donors (Lipinski definition) is 2. The van der Waals surface area contributed by atoms with Gasteiger partial charge in [-0.3, -0.25) is 9.59 Å². The van der Waals surface area contributed by atoms with Gasteiger partial charge in [-0.05, 0) is 55.4 Å². The van der Waals surface area contributed by atoms with Crippen LogP contribution in [-0.4, -0.2) is 24.5 Å². The molecular weight excluding hydrogens is 340 g/mol. The third kappa shape index (κ3) is 4.37. The highest BCUT2D eigenvalue weighted by atomic mass is 16.5. The number of nitrogens with one attached hydrogen (secondary N) is 2. The minimum atomic E-state index is -0.389. The fourth-order valence-corrected chi connectivity index (χ4v) is 3.53. The van der Waals surface area contributed by atoms with Crippen LogP contribution >= 0.6 is 0 Å². The zero-order valence-corrected chi connectivity index (χ0v) is 15.2. The SMILES string of the molecule is O=C(NC(c1ccccc1)C1CC1)c1cccc(NC(=O)C2CCCO2)c1. The highest BCUT2D eigenvalue weighted by Crippen LogP contribution is 2.41. The lowest BCUT2D eigenvalue weighted by Crippen LogP contribution is -2.30. The minimum absolute atomic E-state index is 0.0313. The summed E-state index contributed by atoms with van der Waals surface area (Å²) < 4.78 is 5.41.